The number of benzene rings is 2. The van der Waals surface area contributed by atoms with Crippen molar-refractivity contribution in [1.82, 2.24) is 14.5 Å². The summed E-state index contributed by atoms with van der Waals surface area (Å²) in [6, 6.07) is 18.3. The SMILES string of the molecule is O=C(Nc1ccc(-n2cnc3ccccc32)cc1)c1ccc[nH]c1=O. The zero-order valence-electron chi connectivity index (χ0n) is 13.1. The maximum Gasteiger partial charge on any atom is 0.261 e. The highest BCUT2D eigenvalue weighted by molar-refractivity contribution is 6.04. The lowest BCUT2D eigenvalue weighted by molar-refractivity contribution is 0.102. The van der Waals surface area contributed by atoms with Gasteiger partial charge in [0.25, 0.3) is 11.5 Å². The van der Waals surface area contributed by atoms with Crippen LogP contribution in [0.4, 0.5) is 5.69 Å². The average Bonchev–Trinajstić information content (AvgIpc) is 3.07. The molecule has 0 fully saturated rings. The van der Waals surface area contributed by atoms with Gasteiger partial charge in [-0.3, -0.25) is 14.2 Å². The van der Waals surface area contributed by atoms with Crippen molar-refractivity contribution in [3.8, 4) is 5.69 Å². The summed E-state index contributed by atoms with van der Waals surface area (Å²) in [6.07, 6.45) is 3.26. The second-order valence-corrected chi connectivity index (χ2v) is 5.52. The number of imidazole rings is 1. The number of aromatic amines is 1. The second kappa shape index (κ2) is 6.09. The van der Waals surface area contributed by atoms with E-state index in [4.69, 9.17) is 0 Å². The Hall–Kier alpha value is -3.67. The second-order valence-electron chi connectivity index (χ2n) is 5.52. The van der Waals surface area contributed by atoms with Crippen molar-refractivity contribution in [1.29, 1.82) is 0 Å². The maximum absolute atomic E-state index is 12.2. The van der Waals surface area contributed by atoms with Gasteiger partial charge in [0, 0.05) is 17.6 Å². The highest BCUT2D eigenvalue weighted by atomic mass is 16.2. The number of hydrogen-bond acceptors (Lipinski definition) is 3. The number of amides is 1. The van der Waals surface area contributed by atoms with Gasteiger partial charge in [-0.25, -0.2) is 4.98 Å². The number of carbonyl (C=O) groups excluding carboxylic acids is 1. The first-order valence-electron chi connectivity index (χ1n) is 7.74. The van der Waals surface area contributed by atoms with Crippen LogP contribution in [0.5, 0.6) is 0 Å². The van der Waals surface area contributed by atoms with Gasteiger partial charge in [-0.1, -0.05) is 12.1 Å². The number of H-pyrrole nitrogens is 1. The van der Waals surface area contributed by atoms with Gasteiger partial charge < -0.3 is 10.3 Å². The summed E-state index contributed by atoms with van der Waals surface area (Å²) in [7, 11) is 0. The molecule has 0 saturated heterocycles. The van der Waals surface area contributed by atoms with Crippen LogP contribution in [-0.2, 0) is 0 Å². The maximum atomic E-state index is 12.2. The van der Waals surface area contributed by atoms with E-state index in [1.165, 1.54) is 12.3 Å². The molecule has 2 N–H and O–H groups in total. The Morgan fingerprint density at radius 1 is 1.00 bits per heavy atom. The van der Waals surface area contributed by atoms with Crippen LogP contribution in [0.3, 0.4) is 0 Å². The highest BCUT2D eigenvalue weighted by Crippen LogP contribution is 2.19. The fraction of sp³-hybridized carbons (Fsp3) is 0. The zero-order chi connectivity index (χ0) is 17.2. The molecule has 0 unspecified atom stereocenters. The number of para-hydroxylation sites is 2. The van der Waals surface area contributed by atoms with Gasteiger partial charge in [0.2, 0.25) is 0 Å². The van der Waals surface area contributed by atoms with Gasteiger partial charge in [-0.05, 0) is 48.5 Å². The van der Waals surface area contributed by atoms with Crippen LogP contribution in [0.25, 0.3) is 16.7 Å². The van der Waals surface area contributed by atoms with Crippen molar-refractivity contribution >= 4 is 22.6 Å². The van der Waals surface area contributed by atoms with Crippen LogP contribution in [0.1, 0.15) is 10.4 Å². The topological polar surface area (TPSA) is 79.8 Å². The first kappa shape index (κ1) is 14.9. The van der Waals surface area contributed by atoms with Crippen LogP contribution < -0.4 is 10.9 Å². The van der Waals surface area contributed by atoms with Gasteiger partial charge in [-0.15, -0.1) is 0 Å². The number of fused-ring (bicyclic) bond motifs is 1. The first-order valence-corrected chi connectivity index (χ1v) is 7.74. The number of nitrogens with one attached hydrogen (secondary N) is 2. The number of nitrogens with zero attached hydrogens (tertiary/aromatic N) is 2. The quantitative estimate of drug-likeness (QED) is 0.606. The monoisotopic (exact) mass is 330 g/mol. The smallest absolute Gasteiger partial charge is 0.261 e. The summed E-state index contributed by atoms with van der Waals surface area (Å²) >= 11 is 0. The third-order valence-corrected chi connectivity index (χ3v) is 3.92. The molecule has 0 radical (unpaired) electrons. The number of aromatic nitrogens is 3. The number of rotatable bonds is 3. The number of pyridine rings is 1. The Morgan fingerprint density at radius 2 is 1.80 bits per heavy atom. The Bertz CT molecular complexity index is 1110. The normalized spacial score (nSPS) is 10.7. The molecule has 6 nitrogen and oxygen atoms in total. The summed E-state index contributed by atoms with van der Waals surface area (Å²) < 4.78 is 1.98. The van der Waals surface area contributed by atoms with Crippen molar-refractivity contribution in [2.45, 2.75) is 0 Å². The van der Waals surface area contributed by atoms with Crippen LogP contribution in [0, 0.1) is 0 Å². The van der Waals surface area contributed by atoms with Crippen molar-refractivity contribution in [3.05, 3.63) is 89.1 Å². The summed E-state index contributed by atoms with van der Waals surface area (Å²) in [5.41, 5.74) is 3.14. The Labute approximate surface area is 142 Å². The fourth-order valence-corrected chi connectivity index (χ4v) is 2.67. The third-order valence-electron chi connectivity index (χ3n) is 3.92. The van der Waals surface area contributed by atoms with Crippen molar-refractivity contribution in [2.24, 2.45) is 0 Å². The minimum atomic E-state index is -0.442. The van der Waals surface area contributed by atoms with Crippen molar-refractivity contribution in [3.63, 3.8) is 0 Å². The van der Waals surface area contributed by atoms with Gasteiger partial charge in [0.1, 0.15) is 11.9 Å². The molecule has 0 saturated carbocycles. The van der Waals surface area contributed by atoms with Crippen LogP contribution in [0.2, 0.25) is 0 Å². The molecule has 1 amide bonds. The summed E-state index contributed by atoms with van der Waals surface area (Å²) in [4.78, 5) is 30.7. The molecule has 25 heavy (non-hydrogen) atoms. The summed E-state index contributed by atoms with van der Waals surface area (Å²) in [5.74, 6) is -0.442. The first-order chi connectivity index (χ1) is 12.2. The third kappa shape index (κ3) is 2.81. The molecule has 4 aromatic rings. The number of anilines is 1. The van der Waals surface area contributed by atoms with E-state index in [2.05, 4.69) is 15.3 Å². The van der Waals surface area contributed by atoms with E-state index in [9.17, 15) is 9.59 Å². The summed E-state index contributed by atoms with van der Waals surface area (Å²) in [6.45, 7) is 0. The molecule has 2 aromatic heterocycles. The molecule has 2 heterocycles. The molecule has 0 aliphatic heterocycles. The average molecular weight is 330 g/mol. The molecule has 0 bridgehead atoms. The number of carbonyl (C=O) groups is 1. The number of hydrogen-bond donors (Lipinski definition) is 2. The van der Waals surface area contributed by atoms with Gasteiger partial charge in [-0.2, -0.15) is 0 Å². The van der Waals surface area contributed by atoms with Gasteiger partial charge >= 0.3 is 0 Å². The molecule has 4 rings (SSSR count). The van der Waals surface area contributed by atoms with Crippen molar-refractivity contribution in [2.75, 3.05) is 5.32 Å². The van der Waals surface area contributed by atoms with E-state index >= 15 is 0 Å². The molecule has 122 valence electrons. The Morgan fingerprint density at radius 3 is 2.60 bits per heavy atom. The fourth-order valence-electron chi connectivity index (χ4n) is 2.67. The Balaban J connectivity index is 1.59. The largest absolute Gasteiger partial charge is 0.328 e. The van der Waals surface area contributed by atoms with Gasteiger partial charge in [0.15, 0.2) is 0 Å². The minimum absolute atomic E-state index is 0.0761. The molecule has 6 heteroatoms. The Kier molecular flexibility index (Phi) is 3.63. The van der Waals surface area contributed by atoms with E-state index in [1.807, 2.05) is 41.0 Å². The summed E-state index contributed by atoms with van der Waals surface area (Å²) in [5, 5.41) is 2.72. The predicted molar refractivity (Wildman–Crippen MR) is 96.1 cm³/mol. The molecule has 2 aromatic carbocycles. The van der Waals surface area contributed by atoms with Crippen LogP contribution in [-0.4, -0.2) is 20.4 Å². The van der Waals surface area contributed by atoms with E-state index in [-0.39, 0.29) is 5.56 Å². The molecule has 0 atom stereocenters. The van der Waals surface area contributed by atoms with Crippen LogP contribution in [0.15, 0.2) is 78.0 Å². The lowest BCUT2D eigenvalue weighted by Crippen LogP contribution is -2.22. The van der Waals surface area contributed by atoms with Crippen LogP contribution >= 0.6 is 0 Å². The van der Waals surface area contributed by atoms with E-state index in [1.54, 1.807) is 24.5 Å². The molecule has 0 aliphatic rings. The van der Waals surface area contributed by atoms with Gasteiger partial charge in [0.05, 0.1) is 11.0 Å². The van der Waals surface area contributed by atoms with E-state index < -0.39 is 11.5 Å². The lowest BCUT2D eigenvalue weighted by Gasteiger charge is -2.07. The lowest BCUT2D eigenvalue weighted by atomic mass is 10.2. The standard InChI is InChI=1S/C19H14N4O2/c24-18-15(4-3-11-20-18)19(25)22-13-7-9-14(10-8-13)23-12-21-16-5-1-2-6-17(16)23/h1-12H,(H,20,24)(H,22,25). The minimum Gasteiger partial charge on any atom is -0.328 e. The van der Waals surface area contributed by atoms with E-state index in [0.717, 1.165) is 16.7 Å². The molecule has 0 spiro atoms. The molecule has 0 aliphatic carbocycles. The zero-order valence-corrected chi connectivity index (χ0v) is 13.1. The van der Waals surface area contributed by atoms with E-state index in [0.29, 0.717) is 5.69 Å². The molecular weight excluding hydrogens is 316 g/mol. The predicted octanol–water partition coefficient (Wildman–Crippen LogP) is 2.97. The van der Waals surface area contributed by atoms with Crippen molar-refractivity contribution < 1.29 is 4.79 Å². The highest BCUT2D eigenvalue weighted by Gasteiger charge is 2.10. The molecular formula is C19H14N4O2.